The predicted molar refractivity (Wildman–Crippen MR) is 117 cm³/mol. The number of carbonyl (C=O) groups excluding carboxylic acids is 2. The summed E-state index contributed by atoms with van der Waals surface area (Å²) in [5, 5.41) is 12.7. The lowest BCUT2D eigenvalue weighted by Crippen LogP contribution is -2.43. The maximum Gasteiger partial charge on any atom is 0.278 e. The van der Waals surface area contributed by atoms with Crippen LogP contribution in [0.5, 0.6) is 5.75 Å². The van der Waals surface area contributed by atoms with Crippen LogP contribution < -0.4 is 15.6 Å². The van der Waals surface area contributed by atoms with Crippen molar-refractivity contribution < 1.29 is 32.3 Å². The monoisotopic (exact) mass is 489 g/mol. The maximum absolute atomic E-state index is 14.2. The minimum Gasteiger partial charge on any atom is -0.503 e. The number of fused-ring (bicyclic) bond motifs is 1. The van der Waals surface area contributed by atoms with Crippen molar-refractivity contribution in [3.05, 3.63) is 92.4 Å². The van der Waals surface area contributed by atoms with Gasteiger partial charge in [-0.2, -0.15) is 0 Å². The molecule has 4 rings (SSSR count). The van der Waals surface area contributed by atoms with Gasteiger partial charge in [0, 0.05) is 49.1 Å². The van der Waals surface area contributed by atoms with E-state index in [0.29, 0.717) is 29.8 Å². The van der Waals surface area contributed by atoms with E-state index in [1.54, 1.807) is 13.0 Å². The van der Waals surface area contributed by atoms with Gasteiger partial charge in [-0.15, -0.1) is 0 Å². The number of nitrogens with one attached hydrogen (secondary N) is 1. The SMILES string of the molecule is CCc1c(F)cccc1N1CCn2cc(C(=O)NCc3c(F)cc(F)cc3F)c(=O)c(O)c2C1=O. The molecule has 0 atom stereocenters. The molecule has 0 spiro atoms. The topological polar surface area (TPSA) is 91.6 Å². The average molecular weight is 489 g/mol. The summed E-state index contributed by atoms with van der Waals surface area (Å²) in [7, 11) is 0. The molecule has 0 aliphatic carbocycles. The van der Waals surface area contributed by atoms with Crippen LogP contribution in [-0.2, 0) is 19.5 Å². The van der Waals surface area contributed by atoms with Gasteiger partial charge in [0.25, 0.3) is 11.8 Å². The Balaban J connectivity index is 1.64. The van der Waals surface area contributed by atoms with Crippen LogP contribution in [0.1, 0.15) is 38.9 Å². The number of hydrogen-bond acceptors (Lipinski definition) is 4. The summed E-state index contributed by atoms with van der Waals surface area (Å²) in [5.74, 6) is -6.86. The van der Waals surface area contributed by atoms with E-state index < -0.39 is 63.9 Å². The van der Waals surface area contributed by atoms with Crippen LogP contribution >= 0.6 is 0 Å². The van der Waals surface area contributed by atoms with Crippen molar-refractivity contribution in [1.29, 1.82) is 0 Å². The molecule has 2 heterocycles. The second-order valence-electron chi connectivity index (χ2n) is 7.84. The summed E-state index contributed by atoms with van der Waals surface area (Å²) in [5.41, 5.74) is -2.11. The molecule has 7 nitrogen and oxygen atoms in total. The molecule has 2 N–H and O–H groups in total. The fourth-order valence-corrected chi connectivity index (χ4v) is 4.03. The van der Waals surface area contributed by atoms with E-state index in [4.69, 9.17) is 0 Å². The van der Waals surface area contributed by atoms with Crippen molar-refractivity contribution in [2.45, 2.75) is 26.4 Å². The third-order valence-electron chi connectivity index (χ3n) is 5.78. The molecule has 182 valence electrons. The fourth-order valence-electron chi connectivity index (χ4n) is 4.03. The summed E-state index contributed by atoms with van der Waals surface area (Å²) in [6.07, 6.45) is 1.37. The minimum atomic E-state index is -1.22. The van der Waals surface area contributed by atoms with Crippen LogP contribution in [-0.4, -0.2) is 28.0 Å². The lowest BCUT2D eigenvalue weighted by molar-refractivity contribution is 0.0934. The lowest BCUT2D eigenvalue weighted by atomic mass is 10.1. The van der Waals surface area contributed by atoms with Gasteiger partial charge in [0.05, 0.1) is 5.69 Å². The minimum absolute atomic E-state index is 0.0656. The average Bonchev–Trinajstić information content (AvgIpc) is 2.80. The smallest absolute Gasteiger partial charge is 0.278 e. The maximum atomic E-state index is 14.2. The normalized spacial score (nSPS) is 13.1. The Hall–Kier alpha value is -4.15. The molecular weight excluding hydrogens is 470 g/mol. The zero-order valence-corrected chi connectivity index (χ0v) is 18.4. The molecule has 0 bridgehead atoms. The second kappa shape index (κ2) is 9.24. The molecule has 0 radical (unpaired) electrons. The van der Waals surface area contributed by atoms with Gasteiger partial charge < -0.3 is 19.9 Å². The van der Waals surface area contributed by atoms with Crippen LogP contribution in [0.3, 0.4) is 0 Å². The fraction of sp³-hybridized carbons (Fsp3) is 0.208. The van der Waals surface area contributed by atoms with Crippen molar-refractivity contribution in [3.8, 4) is 5.75 Å². The van der Waals surface area contributed by atoms with Gasteiger partial charge in [0.2, 0.25) is 5.43 Å². The van der Waals surface area contributed by atoms with Crippen molar-refractivity contribution in [2.24, 2.45) is 0 Å². The highest BCUT2D eigenvalue weighted by Crippen LogP contribution is 2.29. The standard InChI is InChI=1S/C24H19F4N3O4/c1-2-13-16(26)4-3-5-19(13)31-7-6-30-11-15(21(32)22(33)20(30)24(31)35)23(34)29-10-14-17(27)8-12(25)9-18(14)28/h3-5,8-9,11,33H,2,6-7,10H2,1H3,(H,29,34). The van der Waals surface area contributed by atoms with Crippen molar-refractivity contribution in [2.75, 3.05) is 11.4 Å². The number of anilines is 1. The van der Waals surface area contributed by atoms with E-state index in [9.17, 15) is 37.1 Å². The van der Waals surface area contributed by atoms with E-state index in [1.807, 2.05) is 0 Å². The highest BCUT2D eigenvalue weighted by atomic mass is 19.1. The molecular formula is C24H19F4N3O4. The Morgan fingerprint density at radius 2 is 1.71 bits per heavy atom. The van der Waals surface area contributed by atoms with Gasteiger partial charge in [0.15, 0.2) is 11.4 Å². The van der Waals surface area contributed by atoms with Crippen molar-refractivity contribution in [1.82, 2.24) is 9.88 Å². The van der Waals surface area contributed by atoms with Gasteiger partial charge in [-0.1, -0.05) is 13.0 Å². The number of pyridine rings is 1. The van der Waals surface area contributed by atoms with E-state index in [0.717, 1.165) is 6.20 Å². The van der Waals surface area contributed by atoms with E-state index in [2.05, 4.69) is 5.32 Å². The highest BCUT2D eigenvalue weighted by molar-refractivity contribution is 6.08. The van der Waals surface area contributed by atoms with Gasteiger partial charge in [0.1, 0.15) is 28.8 Å². The zero-order chi connectivity index (χ0) is 25.4. The summed E-state index contributed by atoms with van der Waals surface area (Å²) in [6, 6.07) is 5.16. The molecule has 35 heavy (non-hydrogen) atoms. The molecule has 2 amide bonds. The molecule has 0 saturated heterocycles. The van der Waals surface area contributed by atoms with Gasteiger partial charge in [-0.25, -0.2) is 17.6 Å². The zero-order valence-electron chi connectivity index (χ0n) is 18.4. The molecule has 3 aromatic rings. The molecule has 0 fully saturated rings. The number of hydrogen-bond donors (Lipinski definition) is 2. The number of amides is 2. The summed E-state index contributed by atoms with van der Waals surface area (Å²) >= 11 is 0. The summed E-state index contributed by atoms with van der Waals surface area (Å²) < 4.78 is 56.2. The summed E-state index contributed by atoms with van der Waals surface area (Å²) in [4.78, 5) is 39.6. The summed E-state index contributed by atoms with van der Waals surface area (Å²) in [6.45, 7) is 1.17. The van der Waals surface area contributed by atoms with E-state index in [-0.39, 0.29) is 18.8 Å². The van der Waals surface area contributed by atoms with Crippen molar-refractivity contribution in [3.63, 3.8) is 0 Å². The molecule has 1 aliphatic heterocycles. The first kappa shape index (κ1) is 24.0. The number of carbonyl (C=O) groups is 2. The predicted octanol–water partition coefficient (Wildman–Crippen LogP) is 3.26. The van der Waals surface area contributed by atoms with E-state index in [1.165, 1.54) is 21.6 Å². The number of aromatic hydroxyl groups is 1. The van der Waals surface area contributed by atoms with Gasteiger partial charge >= 0.3 is 0 Å². The Morgan fingerprint density at radius 1 is 1.03 bits per heavy atom. The van der Waals surface area contributed by atoms with Gasteiger partial charge in [-0.05, 0) is 18.6 Å². The Bertz CT molecular complexity index is 1400. The number of halogens is 4. The van der Waals surface area contributed by atoms with Crippen LogP contribution in [0.2, 0.25) is 0 Å². The largest absolute Gasteiger partial charge is 0.503 e. The Morgan fingerprint density at radius 3 is 2.37 bits per heavy atom. The molecule has 0 saturated carbocycles. The molecule has 2 aromatic carbocycles. The molecule has 11 heteroatoms. The second-order valence-corrected chi connectivity index (χ2v) is 7.84. The number of rotatable bonds is 5. The Labute approximate surface area is 196 Å². The first-order valence-electron chi connectivity index (χ1n) is 10.6. The number of nitrogens with zero attached hydrogens (tertiary/aromatic N) is 2. The van der Waals surface area contributed by atoms with Crippen LogP contribution in [0.25, 0.3) is 0 Å². The third-order valence-corrected chi connectivity index (χ3v) is 5.78. The van der Waals surface area contributed by atoms with Crippen LogP contribution in [0.15, 0.2) is 41.3 Å². The number of benzene rings is 2. The van der Waals surface area contributed by atoms with Crippen LogP contribution in [0, 0.1) is 23.3 Å². The molecule has 1 aromatic heterocycles. The first-order valence-corrected chi connectivity index (χ1v) is 10.6. The lowest BCUT2D eigenvalue weighted by Gasteiger charge is -2.31. The quantitative estimate of drug-likeness (QED) is 0.539. The first-order chi connectivity index (χ1) is 16.6. The third kappa shape index (κ3) is 4.25. The molecule has 0 unspecified atom stereocenters. The highest BCUT2D eigenvalue weighted by Gasteiger charge is 2.32. The van der Waals surface area contributed by atoms with Gasteiger partial charge in [-0.3, -0.25) is 14.4 Å². The van der Waals surface area contributed by atoms with Crippen molar-refractivity contribution >= 4 is 17.5 Å². The molecule has 1 aliphatic rings. The van der Waals surface area contributed by atoms with Crippen LogP contribution in [0.4, 0.5) is 23.2 Å². The Kier molecular flexibility index (Phi) is 6.33. The van der Waals surface area contributed by atoms with E-state index >= 15 is 0 Å². The number of aromatic nitrogens is 1.